The Kier molecular flexibility index (Phi) is 6.21. The third-order valence-corrected chi connectivity index (χ3v) is 5.02. The Morgan fingerprint density at radius 2 is 2.04 bits per heavy atom. The maximum absolute atomic E-state index is 12.9. The molecule has 1 unspecified atom stereocenters. The van der Waals surface area contributed by atoms with Gasteiger partial charge in [0.2, 0.25) is 0 Å². The third-order valence-electron chi connectivity index (χ3n) is 5.02. The fourth-order valence-electron chi connectivity index (χ4n) is 3.49. The molecule has 138 valence electrons. The Bertz CT molecular complexity index is 715. The highest BCUT2D eigenvalue weighted by atomic mass is 19.1. The maximum Gasteiger partial charge on any atom is 0.252 e. The zero-order valence-corrected chi connectivity index (χ0v) is 15.2. The summed E-state index contributed by atoms with van der Waals surface area (Å²) in [6.45, 7) is 3.76. The molecule has 0 spiro atoms. The zero-order valence-electron chi connectivity index (χ0n) is 15.2. The molecule has 1 fully saturated rings. The van der Waals surface area contributed by atoms with Crippen LogP contribution in [0.25, 0.3) is 0 Å². The quantitative estimate of drug-likeness (QED) is 0.853. The molecule has 2 aromatic rings. The topological polar surface area (TPSA) is 45.2 Å². The molecule has 0 aliphatic carbocycles. The van der Waals surface area contributed by atoms with E-state index in [4.69, 9.17) is 0 Å². The summed E-state index contributed by atoms with van der Waals surface area (Å²) in [6.07, 6.45) is 7.14. The second kappa shape index (κ2) is 8.79. The minimum atomic E-state index is -0.247. The summed E-state index contributed by atoms with van der Waals surface area (Å²) >= 11 is 0. The van der Waals surface area contributed by atoms with Crippen LogP contribution < -0.4 is 10.2 Å². The van der Waals surface area contributed by atoms with Crippen LogP contribution >= 0.6 is 0 Å². The molecule has 1 aliphatic heterocycles. The average Bonchev–Trinajstić information content (AvgIpc) is 2.69. The number of anilines is 1. The number of nitrogens with one attached hydrogen (secondary N) is 1. The van der Waals surface area contributed by atoms with Crippen LogP contribution in [0.5, 0.6) is 0 Å². The van der Waals surface area contributed by atoms with Crippen LogP contribution in [-0.4, -0.2) is 30.0 Å². The lowest BCUT2D eigenvalue weighted by molar-refractivity contribution is 0.0954. The van der Waals surface area contributed by atoms with Crippen molar-refractivity contribution < 1.29 is 9.18 Å². The third kappa shape index (κ3) is 4.59. The first kappa shape index (κ1) is 18.4. The Morgan fingerprint density at radius 1 is 1.23 bits per heavy atom. The molecule has 1 aliphatic rings. The normalized spacial score (nSPS) is 17.2. The van der Waals surface area contributed by atoms with Crippen molar-refractivity contribution >= 4 is 11.7 Å². The summed E-state index contributed by atoms with van der Waals surface area (Å²) in [6, 6.07) is 10.7. The molecule has 0 radical (unpaired) electrons. The molecule has 1 aromatic carbocycles. The van der Waals surface area contributed by atoms with E-state index >= 15 is 0 Å². The van der Waals surface area contributed by atoms with Crippen LogP contribution in [0, 0.1) is 5.82 Å². The van der Waals surface area contributed by atoms with E-state index in [1.807, 2.05) is 12.1 Å². The van der Waals surface area contributed by atoms with Gasteiger partial charge in [-0.25, -0.2) is 9.37 Å². The Labute approximate surface area is 154 Å². The highest BCUT2D eigenvalue weighted by molar-refractivity contribution is 5.94. The van der Waals surface area contributed by atoms with Crippen LogP contribution in [0.2, 0.25) is 0 Å². The SMILES string of the molecule is CCC1CCCCN1c1ccc(C(=O)NCCc2ccc(F)cc2)cn1. The molecule has 5 heteroatoms. The molecule has 26 heavy (non-hydrogen) atoms. The molecule has 0 saturated carbocycles. The molecule has 1 saturated heterocycles. The molecule has 3 rings (SSSR count). The van der Waals surface area contributed by atoms with Crippen molar-refractivity contribution in [3.63, 3.8) is 0 Å². The molecule has 0 bridgehead atoms. The van der Waals surface area contributed by atoms with Gasteiger partial charge >= 0.3 is 0 Å². The maximum atomic E-state index is 12.9. The Balaban J connectivity index is 1.54. The number of pyridine rings is 1. The number of piperidine rings is 1. The number of nitrogens with zero attached hydrogens (tertiary/aromatic N) is 2. The van der Waals surface area contributed by atoms with Crippen molar-refractivity contribution in [1.29, 1.82) is 0 Å². The number of halogens is 1. The second-order valence-electron chi connectivity index (χ2n) is 6.79. The van der Waals surface area contributed by atoms with Crippen LogP contribution in [-0.2, 0) is 6.42 Å². The van der Waals surface area contributed by atoms with E-state index in [0.29, 0.717) is 24.6 Å². The number of carbonyl (C=O) groups excluding carboxylic acids is 1. The number of rotatable bonds is 6. The van der Waals surface area contributed by atoms with E-state index in [0.717, 1.165) is 24.3 Å². The minimum absolute atomic E-state index is 0.128. The van der Waals surface area contributed by atoms with Gasteiger partial charge in [-0.05, 0) is 61.9 Å². The largest absolute Gasteiger partial charge is 0.354 e. The smallest absolute Gasteiger partial charge is 0.252 e. The molecular weight excluding hydrogens is 329 g/mol. The molecule has 1 atom stereocenters. The first-order chi connectivity index (χ1) is 12.7. The highest BCUT2D eigenvalue weighted by Gasteiger charge is 2.22. The lowest BCUT2D eigenvalue weighted by atomic mass is 10.00. The summed E-state index contributed by atoms with van der Waals surface area (Å²) in [5.41, 5.74) is 1.56. The number of amides is 1. The van der Waals surface area contributed by atoms with Crippen molar-refractivity contribution in [2.45, 2.75) is 45.1 Å². The van der Waals surface area contributed by atoms with Gasteiger partial charge in [0, 0.05) is 25.3 Å². The summed E-state index contributed by atoms with van der Waals surface area (Å²) in [5.74, 6) is 0.583. The number of carbonyl (C=O) groups is 1. The van der Waals surface area contributed by atoms with Gasteiger partial charge in [-0.15, -0.1) is 0 Å². The zero-order chi connectivity index (χ0) is 18.4. The fourth-order valence-corrected chi connectivity index (χ4v) is 3.49. The monoisotopic (exact) mass is 355 g/mol. The minimum Gasteiger partial charge on any atom is -0.354 e. The number of aromatic nitrogens is 1. The lowest BCUT2D eigenvalue weighted by Gasteiger charge is -2.36. The van der Waals surface area contributed by atoms with Gasteiger partial charge in [-0.3, -0.25) is 4.79 Å². The van der Waals surface area contributed by atoms with E-state index in [1.54, 1.807) is 18.3 Å². The van der Waals surface area contributed by atoms with E-state index in [2.05, 4.69) is 22.1 Å². The van der Waals surface area contributed by atoms with Crippen LogP contribution in [0.4, 0.5) is 10.2 Å². The first-order valence-corrected chi connectivity index (χ1v) is 9.42. The summed E-state index contributed by atoms with van der Waals surface area (Å²) in [5, 5.41) is 2.89. The van der Waals surface area contributed by atoms with E-state index in [1.165, 1.54) is 31.4 Å². The standard InChI is InChI=1S/C21H26FN3O/c1-2-19-5-3-4-14-25(19)20-11-8-17(15-24-20)21(26)23-13-12-16-6-9-18(22)10-7-16/h6-11,15,19H,2-5,12-14H2,1H3,(H,23,26). The average molecular weight is 355 g/mol. The number of hydrogen-bond acceptors (Lipinski definition) is 3. The van der Waals surface area contributed by atoms with Crippen molar-refractivity contribution in [3.8, 4) is 0 Å². The van der Waals surface area contributed by atoms with E-state index < -0.39 is 0 Å². The molecule has 4 nitrogen and oxygen atoms in total. The summed E-state index contributed by atoms with van der Waals surface area (Å²) < 4.78 is 12.9. The van der Waals surface area contributed by atoms with Crippen molar-refractivity contribution in [3.05, 3.63) is 59.5 Å². The van der Waals surface area contributed by atoms with Gasteiger partial charge in [0.05, 0.1) is 5.56 Å². The van der Waals surface area contributed by atoms with Gasteiger partial charge in [0.25, 0.3) is 5.91 Å². The fraction of sp³-hybridized carbons (Fsp3) is 0.429. The van der Waals surface area contributed by atoms with Gasteiger partial charge in [0.15, 0.2) is 0 Å². The molecular formula is C21H26FN3O. The van der Waals surface area contributed by atoms with Crippen molar-refractivity contribution in [2.75, 3.05) is 18.0 Å². The number of hydrogen-bond donors (Lipinski definition) is 1. The highest BCUT2D eigenvalue weighted by Crippen LogP contribution is 2.24. The van der Waals surface area contributed by atoms with Crippen molar-refractivity contribution in [1.82, 2.24) is 10.3 Å². The van der Waals surface area contributed by atoms with Gasteiger partial charge in [-0.2, -0.15) is 0 Å². The molecule has 1 amide bonds. The Morgan fingerprint density at radius 3 is 2.73 bits per heavy atom. The van der Waals surface area contributed by atoms with E-state index in [-0.39, 0.29) is 11.7 Å². The number of benzene rings is 1. The van der Waals surface area contributed by atoms with Gasteiger partial charge in [-0.1, -0.05) is 19.1 Å². The summed E-state index contributed by atoms with van der Waals surface area (Å²) in [4.78, 5) is 19.2. The second-order valence-corrected chi connectivity index (χ2v) is 6.79. The first-order valence-electron chi connectivity index (χ1n) is 9.42. The van der Waals surface area contributed by atoms with Crippen LogP contribution in [0.15, 0.2) is 42.6 Å². The van der Waals surface area contributed by atoms with Crippen LogP contribution in [0.3, 0.4) is 0 Å². The predicted molar refractivity (Wildman–Crippen MR) is 102 cm³/mol. The molecule has 1 aromatic heterocycles. The summed E-state index contributed by atoms with van der Waals surface area (Å²) in [7, 11) is 0. The van der Waals surface area contributed by atoms with Gasteiger partial charge < -0.3 is 10.2 Å². The Hall–Kier alpha value is -2.43. The lowest BCUT2D eigenvalue weighted by Crippen LogP contribution is -2.39. The van der Waals surface area contributed by atoms with Crippen molar-refractivity contribution in [2.24, 2.45) is 0 Å². The van der Waals surface area contributed by atoms with E-state index in [9.17, 15) is 9.18 Å². The molecule has 1 N–H and O–H groups in total. The predicted octanol–water partition coefficient (Wildman–Crippen LogP) is 3.96. The van der Waals surface area contributed by atoms with Crippen LogP contribution in [0.1, 0.15) is 48.5 Å². The van der Waals surface area contributed by atoms with Gasteiger partial charge in [0.1, 0.15) is 11.6 Å². The molecule has 2 heterocycles.